The van der Waals surface area contributed by atoms with Gasteiger partial charge in [-0.1, -0.05) is 24.3 Å². The molecule has 4 N–H and O–H groups in total. The Morgan fingerprint density at radius 2 is 2.17 bits per heavy atom. The summed E-state index contributed by atoms with van der Waals surface area (Å²) >= 11 is 1.11. The van der Waals surface area contributed by atoms with Crippen molar-refractivity contribution in [3.63, 3.8) is 0 Å². The zero-order valence-electron chi connectivity index (χ0n) is 15.7. The van der Waals surface area contributed by atoms with Crippen molar-refractivity contribution in [3.05, 3.63) is 51.5 Å². The van der Waals surface area contributed by atoms with Gasteiger partial charge in [-0.05, 0) is 43.7 Å². The molecule has 0 bridgehead atoms. The Morgan fingerprint density at radius 1 is 1.31 bits per heavy atom. The maximum absolute atomic E-state index is 13.3. The van der Waals surface area contributed by atoms with E-state index in [1.807, 2.05) is 0 Å². The quantitative estimate of drug-likeness (QED) is 0.533. The fraction of sp³-hybridized carbons (Fsp3) is 0.286. The molecule has 29 heavy (non-hydrogen) atoms. The molecule has 1 fully saturated rings. The van der Waals surface area contributed by atoms with Crippen LogP contribution in [0, 0.1) is 23.6 Å². The van der Waals surface area contributed by atoms with Gasteiger partial charge in [0.1, 0.15) is 10.7 Å². The second-order valence-corrected chi connectivity index (χ2v) is 7.70. The molecule has 0 saturated carbocycles. The summed E-state index contributed by atoms with van der Waals surface area (Å²) in [6, 6.07) is 6.70. The van der Waals surface area contributed by atoms with Crippen molar-refractivity contribution in [3.8, 4) is 11.8 Å². The number of anilines is 1. The average Bonchev–Trinajstić information content (AvgIpc) is 2.90. The summed E-state index contributed by atoms with van der Waals surface area (Å²) in [5.74, 6) is 5.09. The zero-order chi connectivity index (χ0) is 20.6. The van der Waals surface area contributed by atoms with Crippen molar-refractivity contribution in [1.29, 1.82) is 0 Å². The Balaban J connectivity index is 1.81. The molecule has 1 saturated heterocycles. The first-order valence-corrected chi connectivity index (χ1v) is 10.1. The van der Waals surface area contributed by atoms with E-state index in [0.717, 1.165) is 43.7 Å². The fourth-order valence-electron chi connectivity index (χ4n) is 2.94. The molecule has 0 aliphatic carbocycles. The summed E-state index contributed by atoms with van der Waals surface area (Å²) < 4.78 is 13.3. The maximum Gasteiger partial charge on any atom is 0.316 e. The Bertz CT molecular complexity index is 982. The minimum atomic E-state index is -0.779. The van der Waals surface area contributed by atoms with Gasteiger partial charge >= 0.3 is 6.03 Å². The highest BCUT2D eigenvalue weighted by Crippen LogP contribution is 2.28. The van der Waals surface area contributed by atoms with Gasteiger partial charge in [0, 0.05) is 24.2 Å². The number of nitrogens with zero attached hydrogens (tertiary/aromatic N) is 1. The molecule has 2 heterocycles. The lowest BCUT2D eigenvalue weighted by Gasteiger charge is -2.07. The minimum Gasteiger partial charge on any atom is -0.351 e. The van der Waals surface area contributed by atoms with Crippen LogP contribution in [0.5, 0.6) is 0 Å². The van der Waals surface area contributed by atoms with Crippen molar-refractivity contribution in [2.75, 3.05) is 18.4 Å². The van der Waals surface area contributed by atoms with Gasteiger partial charge in [0.15, 0.2) is 0 Å². The minimum absolute atomic E-state index is 0.196. The van der Waals surface area contributed by atoms with E-state index in [1.54, 1.807) is 24.4 Å². The first-order valence-electron chi connectivity index (χ1n) is 9.28. The largest absolute Gasteiger partial charge is 0.351 e. The number of nitrogens with one attached hydrogen (secondary N) is 2. The molecule has 1 aliphatic rings. The van der Waals surface area contributed by atoms with Crippen molar-refractivity contribution in [2.24, 2.45) is 16.6 Å². The number of primary amides is 1. The third-order valence-electron chi connectivity index (χ3n) is 4.33. The van der Waals surface area contributed by atoms with E-state index in [-0.39, 0.29) is 22.3 Å². The molecule has 1 unspecified atom stereocenters. The molecule has 150 valence electrons. The monoisotopic (exact) mass is 412 g/mol. The van der Waals surface area contributed by atoms with Crippen LogP contribution in [0.25, 0.3) is 0 Å². The lowest BCUT2D eigenvalue weighted by atomic mass is 10.1. The second-order valence-electron chi connectivity index (χ2n) is 6.65. The van der Waals surface area contributed by atoms with Crippen LogP contribution >= 0.6 is 11.3 Å². The van der Waals surface area contributed by atoms with Gasteiger partial charge in [-0.15, -0.1) is 11.3 Å². The molecule has 1 atom stereocenters. The average molecular weight is 412 g/mol. The first kappa shape index (κ1) is 20.7. The molecule has 0 radical (unpaired) electrons. The summed E-state index contributed by atoms with van der Waals surface area (Å²) in [6.45, 7) is 1.77. The maximum atomic E-state index is 13.3. The lowest BCUT2D eigenvalue weighted by Crippen LogP contribution is -2.22. The highest BCUT2D eigenvalue weighted by Gasteiger charge is 2.17. The number of benzene rings is 1. The van der Waals surface area contributed by atoms with Crippen LogP contribution in [0.15, 0.2) is 35.3 Å². The molecule has 1 aromatic carbocycles. The van der Waals surface area contributed by atoms with Crippen molar-refractivity contribution in [1.82, 2.24) is 5.32 Å². The molecule has 1 aromatic heterocycles. The summed E-state index contributed by atoms with van der Waals surface area (Å²) in [7, 11) is 0. The Morgan fingerprint density at radius 3 is 2.97 bits per heavy atom. The predicted octanol–water partition coefficient (Wildman–Crippen LogP) is 3.38. The molecular formula is C21H21FN4O2S. The van der Waals surface area contributed by atoms with Crippen LogP contribution in [0.3, 0.4) is 0 Å². The van der Waals surface area contributed by atoms with E-state index in [4.69, 9.17) is 5.73 Å². The molecule has 8 heteroatoms. The molecule has 3 amide bonds. The van der Waals surface area contributed by atoms with E-state index < -0.39 is 11.9 Å². The predicted molar refractivity (Wildman–Crippen MR) is 113 cm³/mol. The zero-order valence-corrected chi connectivity index (χ0v) is 16.5. The van der Waals surface area contributed by atoms with Gasteiger partial charge < -0.3 is 16.4 Å². The van der Waals surface area contributed by atoms with Gasteiger partial charge in [-0.3, -0.25) is 4.79 Å². The lowest BCUT2D eigenvalue weighted by molar-refractivity contribution is 0.101. The summed E-state index contributed by atoms with van der Waals surface area (Å²) in [6.07, 6.45) is 4.85. The Hall–Kier alpha value is -3.02. The number of nitrogens with two attached hydrogens (primary N) is 1. The number of aliphatic imine (C=N–C) groups is 1. The van der Waals surface area contributed by atoms with Gasteiger partial charge in [0.2, 0.25) is 0 Å². The van der Waals surface area contributed by atoms with Crippen LogP contribution in [0.4, 0.5) is 14.9 Å². The number of hydrogen-bond acceptors (Lipinski definition) is 4. The van der Waals surface area contributed by atoms with Gasteiger partial charge in [-0.25, -0.2) is 14.2 Å². The van der Waals surface area contributed by atoms with E-state index in [9.17, 15) is 14.0 Å². The van der Waals surface area contributed by atoms with Crippen LogP contribution in [0.1, 0.15) is 39.4 Å². The number of halogens is 1. The number of urea groups is 1. The van der Waals surface area contributed by atoms with Crippen molar-refractivity contribution in [2.45, 2.75) is 19.3 Å². The standard InChI is InChI=1S/C21H21FN4O2S/c22-16-6-3-5-14(10-16)7-8-17-11-18(26-21(23)28)19(29-17)20(27)25-13-15-4-1-2-9-24-12-15/h3,5-6,10-11,13,15,24H,1-2,4,9,12H2,(H3,23,26,28). The number of rotatable bonds is 3. The van der Waals surface area contributed by atoms with Gasteiger partial charge in [0.25, 0.3) is 5.91 Å². The molecule has 1 aliphatic heterocycles. The van der Waals surface area contributed by atoms with E-state index in [0.29, 0.717) is 10.4 Å². The smallest absolute Gasteiger partial charge is 0.316 e. The third kappa shape index (κ3) is 6.24. The van der Waals surface area contributed by atoms with Gasteiger partial charge in [-0.2, -0.15) is 0 Å². The number of amides is 3. The highest BCUT2D eigenvalue weighted by atomic mass is 32.1. The molecule has 0 spiro atoms. The Labute approximate surface area is 172 Å². The van der Waals surface area contributed by atoms with Crippen molar-refractivity contribution >= 4 is 35.2 Å². The SMILES string of the molecule is NC(=O)Nc1cc(C#Cc2cccc(F)c2)sc1C(=O)N=CC1CCCCNC1. The molecule has 3 rings (SSSR count). The first-order chi connectivity index (χ1) is 14.0. The highest BCUT2D eigenvalue weighted by molar-refractivity contribution is 7.15. The van der Waals surface area contributed by atoms with Gasteiger partial charge in [0.05, 0.1) is 10.6 Å². The molecular weight excluding hydrogens is 391 g/mol. The summed E-state index contributed by atoms with van der Waals surface area (Å²) in [5.41, 5.74) is 5.99. The van der Waals surface area contributed by atoms with Crippen LogP contribution in [-0.4, -0.2) is 31.2 Å². The third-order valence-corrected chi connectivity index (χ3v) is 5.36. The number of carbonyl (C=O) groups is 2. The van der Waals surface area contributed by atoms with Crippen molar-refractivity contribution < 1.29 is 14.0 Å². The second kappa shape index (κ2) is 9.96. The van der Waals surface area contributed by atoms with E-state index in [1.165, 1.54) is 12.1 Å². The molecule has 6 nitrogen and oxygen atoms in total. The van der Waals surface area contributed by atoms with E-state index in [2.05, 4.69) is 27.5 Å². The molecule has 2 aromatic rings. The Kier molecular flexibility index (Phi) is 7.11. The van der Waals surface area contributed by atoms with Crippen LogP contribution in [-0.2, 0) is 0 Å². The number of carbonyl (C=O) groups excluding carboxylic acids is 2. The number of thiophene rings is 1. The summed E-state index contributed by atoms with van der Waals surface area (Å²) in [4.78, 5) is 28.8. The summed E-state index contributed by atoms with van der Waals surface area (Å²) in [5, 5.41) is 5.76. The van der Waals surface area contributed by atoms with Crippen LogP contribution in [0.2, 0.25) is 0 Å². The van der Waals surface area contributed by atoms with Crippen LogP contribution < -0.4 is 16.4 Å². The number of hydrogen-bond donors (Lipinski definition) is 3. The topological polar surface area (TPSA) is 96.6 Å². The fourth-order valence-corrected chi connectivity index (χ4v) is 3.80. The normalized spacial score (nSPS) is 16.7. The van der Waals surface area contributed by atoms with E-state index >= 15 is 0 Å².